The zero-order chi connectivity index (χ0) is 14.1. The Bertz CT molecular complexity index is 824. The van der Waals surface area contributed by atoms with Crippen LogP contribution in [0, 0.1) is 11.3 Å². The Balaban J connectivity index is 2.12. The highest BCUT2D eigenvalue weighted by atomic mass is 14.7. The molecule has 0 radical (unpaired) electrons. The molecule has 0 saturated carbocycles. The molecule has 0 unspecified atom stereocenters. The van der Waals surface area contributed by atoms with Crippen molar-refractivity contribution in [2.24, 2.45) is 5.73 Å². The van der Waals surface area contributed by atoms with Gasteiger partial charge in [0, 0.05) is 28.8 Å². The number of nitrogens with zero attached hydrogens (tertiary/aromatic N) is 1. The number of rotatable bonds is 2. The van der Waals surface area contributed by atoms with Crippen molar-refractivity contribution in [1.29, 1.82) is 5.26 Å². The van der Waals surface area contributed by atoms with Gasteiger partial charge in [-0.3, -0.25) is 0 Å². The molecule has 1 heterocycles. The van der Waals surface area contributed by atoms with E-state index in [9.17, 15) is 0 Å². The van der Waals surface area contributed by atoms with E-state index < -0.39 is 0 Å². The van der Waals surface area contributed by atoms with Crippen molar-refractivity contribution in [2.75, 3.05) is 5.73 Å². The summed E-state index contributed by atoms with van der Waals surface area (Å²) in [5.74, 6) is 0. The first-order valence-corrected chi connectivity index (χ1v) is 6.33. The summed E-state index contributed by atoms with van der Waals surface area (Å²) in [6.07, 6.45) is 0. The van der Waals surface area contributed by atoms with Gasteiger partial charge in [-0.2, -0.15) is 5.26 Å². The van der Waals surface area contributed by atoms with Gasteiger partial charge in [-0.1, -0.05) is 12.1 Å². The number of nitrogens with one attached hydrogen (secondary N) is 1. The first-order valence-electron chi connectivity index (χ1n) is 6.33. The summed E-state index contributed by atoms with van der Waals surface area (Å²) in [5.41, 5.74) is 16.4. The number of hydrogen-bond acceptors (Lipinski definition) is 3. The van der Waals surface area contributed by atoms with Gasteiger partial charge in [-0.15, -0.1) is 0 Å². The van der Waals surface area contributed by atoms with Crippen molar-refractivity contribution in [3.8, 4) is 17.3 Å². The molecule has 0 fully saturated rings. The minimum atomic E-state index is 0.490. The molecular weight excluding hydrogens is 248 g/mol. The van der Waals surface area contributed by atoms with Crippen LogP contribution in [0.25, 0.3) is 22.2 Å². The maximum Gasteiger partial charge on any atom is 0.101 e. The smallest absolute Gasteiger partial charge is 0.101 e. The summed E-state index contributed by atoms with van der Waals surface area (Å²) in [6, 6.07) is 15.7. The van der Waals surface area contributed by atoms with E-state index in [2.05, 4.69) is 23.2 Å². The fourth-order valence-corrected chi connectivity index (χ4v) is 2.29. The number of hydrogen-bond donors (Lipinski definition) is 3. The lowest BCUT2D eigenvalue weighted by molar-refractivity contribution is 1.08. The molecule has 3 aromatic rings. The molecule has 4 nitrogen and oxygen atoms in total. The van der Waals surface area contributed by atoms with Crippen molar-refractivity contribution in [2.45, 2.75) is 6.54 Å². The third-order valence-corrected chi connectivity index (χ3v) is 3.41. The number of anilines is 1. The normalized spacial score (nSPS) is 10.6. The van der Waals surface area contributed by atoms with E-state index in [1.807, 2.05) is 18.2 Å². The Morgan fingerprint density at radius 1 is 1.10 bits per heavy atom. The third kappa shape index (κ3) is 2.00. The zero-order valence-electron chi connectivity index (χ0n) is 10.9. The van der Waals surface area contributed by atoms with Gasteiger partial charge in [0.25, 0.3) is 0 Å². The van der Waals surface area contributed by atoms with Gasteiger partial charge in [-0.25, -0.2) is 0 Å². The van der Waals surface area contributed by atoms with Crippen LogP contribution in [0.5, 0.6) is 0 Å². The molecule has 1 aromatic heterocycles. The number of nitriles is 1. The SMILES string of the molecule is N#Cc1cc(-c2cc3cc(CN)ccc3[nH]2)ccc1N. The molecule has 0 spiro atoms. The minimum absolute atomic E-state index is 0.490. The molecule has 0 aliphatic heterocycles. The average Bonchev–Trinajstić information content (AvgIpc) is 2.90. The molecule has 2 aromatic carbocycles. The molecule has 0 aliphatic rings. The van der Waals surface area contributed by atoms with Crippen LogP contribution in [-0.2, 0) is 6.54 Å². The van der Waals surface area contributed by atoms with Crippen molar-refractivity contribution in [3.63, 3.8) is 0 Å². The Labute approximate surface area is 116 Å². The Hall–Kier alpha value is -2.77. The Kier molecular flexibility index (Phi) is 2.90. The van der Waals surface area contributed by atoms with Crippen molar-refractivity contribution in [1.82, 2.24) is 4.98 Å². The minimum Gasteiger partial charge on any atom is -0.398 e. The summed E-state index contributed by atoms with van der Waals surface area (Å²) >= 11 is 0. The Morgan fingerprint density at radius 3 is 2.70 bits per heavy atom. The molecule has 3 rings (SSSR count). The second-order valence-corrected chi connectivity index (χ2v) is 4.72. The Morgan fingerprint density at radius 2 is 1.95 bits per heavy atom. The summed E-state index contributed by atoms with van der Waals surface area (Å²) in [4.78, 5) is 3.34. The lowest BCUT2D eigenvalue weighted by Crippen LogP contribution is -1.94. The number of H-pyrrole nitrogens is 1. The highest BCUT2D eigenvalue weighted by Gasteiger charge is 2.06. The molecule has 0 bridgehead atoms. The van der Waals surface area contributed by atoms with Crippen LogP contribution in [-0.4, -0.2) is 4.98 Å². The maximum atomic E-state index is 9.04. The monoisotopic (exact) mass is 262 g/mol. The highest BCUT2D eigenvalue weighted by Crippen LogP contribution is 2.27. The second kappa shape index (κ2) is 4.72. The molecule has 0 atom stereocenters. The molecule has 0 amide bonds. The van der Waals surface area contributed by atoms with E-state index in [0.717, 1.165) is 27.7 Å². The molecule has 20 heavy (non-hydrogen) atoms. The fourth-order valence-electron chi connectivity index (χ4n) is 2.29. The first-order chi connectivity index (χ1) is 9.71. The van der Waals surface area contributed by atoms with Crippen molar-refractivity contribution < 1.29 is 0 Å². The van der Waals surface area contributed by atoms with Crippen molar-refractivity contribution in [3.05, 3.63) is 53.6 Å². The van der Waals surface area contributed by atoms with Crippen LogP contribution in [0.3, 0.4) is 0 Å². The zero-order valence-corrected chi connectivity index (χ0v) is 10.9. The quantitative estimate of drug-likeness (QED) is 0.620. The number of nitrogen functional groups attached to an aromatic ring is 1. The van der Waals surface area contributed by atoms with Gasteiger partial charge >= 0.3 is 0 Å². The van der Waals surface area contributed by atoms with E-state index in [1.54, 1.807) is 12.1 Å². The van der Waals surface area contributed by atoms with E-state index >= 15 is 0 Å². The predicted octanol–water partition coefficient (Wildman–Crippen LogP) is 2.75. The summed E-state index contributed by atoms with van der Waals surface area (Å²) in [5, 5.41) is 10.2. The molecule has 98 valence electrons. The van der Waals surface area contributed by atoms with Crippen LogP contribution < -0.4 is 11.5 Å². The average molecular weight is 262 g/mol. The molecule has 0 aliphatic carbocycles. The van der Waals surface area contributed by atoms with Gasteiger partial charge in [0.15, 0.2) is 0 Å². The van der Waals surface area contributed by atoms with Crippen LogP contribution in [0.2, 0.25) is 0 Å². The summed E-state index contributed by atoms with van der Waals surface area (Å²) in [7, 11) is 0. The van der Waals surface area contributed by atoms with Gasteiger partial charge in [0.1, 0.15) is 6.07 Å². The van der Waals surface area contributed by atoms with Crippen LogP contribution in [0.15, 0.2) is 42.5 Å². The van der Waals surface area contributed by atoms with Gasteiger partial charge in [0.05, 0.1) is 5.56 Å². The standard InChI is InChI=1S/C16H14N4/c17-8-10-1-4-15-12(5-10)7-16(20-15)11-2-3-14(19)13(6-11)9-18/h1-7,20H,8,17,19H2. The molecule has 4 heteroatoms. The van der Waals surface area contributed by atoms with Crippen LogP contribution >= 0.6 is 0 Å². The summed E-state index contributed by atoms with van der Waals surface area (Å²) < 4.78 is 0. The lowest BCUT2D eigenvalue weighted by atomic mass is 10.1. The lowest BCUT2D eigenvalue weighted by Gasteiger charge is -2.01. The van der Waals surface area contributed by atoms with E-state index in [0.29, 0.717) is 17.8 Å². The van der Waals surface area contributed by atoms with Crippen molar-refractivity contribution >= 4 is 16.6 Å². The molecular formula is C16H14N4. The number of aromatic amines is 1. The first kappa shape index (κ1) is 12.3. The highest BCUT2D eigenvalue weighted by molar-refractivity contribution is 5.86. The maximum absolute atomic E-state index is 9.04. The van der Waals surface area contributed by atoms with Crippen LogP contribution in [0.1, 0.15) is 11.1 Å². The predicted molar refractivity (Wildman–Crippen MR) is 80.8 cm³/mol. The third-order valence-electron chi connectivity index (χ3n) is 3.41. The van der Waals surface area contributed by atoms with E-state index in [-0.39, 0.29) is 0 Å². The van der Waals surface area contributed by atoms with E-state index in [1.165, 1.54) is 0 Å². The number of benzene rings is 2. The number of nitrogens with two attached hydrogens (primary N) is 2. The summed E-state index contributed by atoms with van der Waals surface area (Å²) in [6.45, 7) is 0.525. The van der Waals surface area contributed by atoms with Gasteiger partial charge < -0.3 is 16.5 Å². The molecule has 0 saturated heterocycles. The largest absolute Gasteiger partial charge is 0.398 e. The number of fused-ring (bicyclic) bond motifs is 1. The second-order valence-electron chi connectivity index (χ2n) is 4.72. The van der Waals surface area contributed by atoms with Crippen LogP contribution in [0.4, 0.5) is 5.69 Å². The van der Waals surface area contributed by atoms with E-state index in [4.69, 9.17) is 16.7 Å². The molecule has 5 N–H and O–H groups in total. The van der Waals surface area contributed by atoms with Gasteiger partial charge in [-0.05, 0) is 41.5 Å². The van der Waals surface area contributed by atoms with Gasteiger partial charge in [0.2, 0.25) is 0 Å². The number of aromatic nitrogens is 1. The topological polar surface area (TPSA) is 91.6 Å². The fraction of sp³-hybridized carbons (Fsp3) is 0.0625.